The van der Waals surface area contributed by atoms with Crippen molar-refractivity contribution < 1.29 is 0 Å². The summed E-state index contributed by atoms with van der Waals surface area (Å²) in [6.07, 6.45) is 0. The Hall–Kier alpha value is -0.280. The van der Waals surface area contributed by atoms with E-state index in [1.807, 2.05) is 18.2 Å². The van der Waals surface area contributed by atoms with Crippen LogP contribution in [0.5, 0.6) is 0 Å². The number of halogens is 2. The summed E-state index contributed by atoms with van der Waals surface area (Å²) in [6.45, 7) is 8.04. The molecule has 4 heteroatoms. The van der Waals surface area contributed by atoms with Gasteiger partial charge in [-0.15, -0.1) is 0 Å². The average molecular weight is 299 g/mol. The lowest BCUT2D eigenvalue weighted by molar-refractivity contribution is 0.182. The summed E-state index contributed by atoms with van der Waals surface area (Å²) < 4.78 is 0. The van der Waals surface area contributed by atoms with Crippen molar-refractivity contribution in [1.29, 1.82) is 0 Å². The number of benzene rings is 1. The molecule has 1 N–H and O–H groups in total. The third-order valence-electron chi connectivity index (χ3n) is 4.89. The lowest BCUT2D eigenvalue weighted by Gasteiger charge is -2.31. The van der Waals surface area contributed by atoms with Crippen LogP contribution in [0.25, 0.3) is 0 Å². The van der Waals surface area contributed by atoms with Gasteiger partial charge in [-0.05, 0) is 62.5 Å². The molecule has 2 aliphatic heterocycles. The first-order chi connectivity index (χ1) is 9.08. The summed E-state index contributed by atoms with van der Waals surface area (Å²) in [4.78, 5) is 2.58. The third kappa shape index (κ3) is 2.40. The minimum absolute atomic E-state index is 0.326. The molecule has 0 bridgehead atoms. The molecule has 0 aromatic heterocycles. The van der Waals surface area contributed by atoms with E-state index >= 15 is 0 Å². The van der Waals surface area contributed by atoms with Crippen LogP contribution < -0.4 is 5.32 Å². The van der Waals surface area contributed by atoms with Gasteiger partial charge in [0.15, 0.2) is 0 Å². The van der Waals surface area contributed by atoms with E-state index in [2.05, 4.69) is 24.1 Å². The Balaban J connectivity index is 1.84. The Morgan fingerprint density at radius 2 is 2.11 bits per heavy atom. The van der Waals surface area contributed by atoms with Gasteiger partial charge in [0.25, 0.3) is 0 Å². The van der Waals surface area contributed by atoms with Crippen LogP contribution in [0, 0.1) is 11.8 Å². The van der Waals surface area contributed by atoms with E-state index in [0.717, 1.165) is 47.1 Å². The van der Waals surface area contributed by atoms with E-state index in [9.17, 15) is 0 Å². The second-order valence-electron chi connectivity index (χ2n) is 5.86. The SMILES string of the molecule is CC(c1cc(Cl)ccc1Cl)N1CC2CNCC2C1C. The molecule has 19 heavy (non-hydrogen) atoms. The van der Waals surface area contributed by atoms with Crippen molar-refractivity contribution in [1.82, 2.24) is 10.2 Å². The number of rotatable bonds is 2. The lowest BCUT2D eigenvalue weighted by atomic mass is 9.95. The molecular formula is C15H20Cl2N2. The number of fused-ring (bicyclic) bond motifs is 1. The van der Waals surface area contributed by atoms with Crippen molar-refractivity contribution in [3.63, 3.8) is 0 Å². The van der Waals surface area contributed by atoms with Gasteiger partial charge in [0.05, 0.1) is 0 Å². The zero-order valence-electron chi connectivity index (χ0n) is 11.4. The molecule has 2 nitrogen and oxygen atoms in total. The van der Waals surface area contributed by atoms with E-state index in [0.29, 0.717) is 12.1 Å². The molecule has 2 saturated heterocycles. The molecule has 2 aliphatic rings. The van der Waals surface area contributed by atoms with Crippen LogP contribution in [0.15, 0.2) is 18.2 Å². The summed E-state index contributed by atoms with van der Waals surface area (Å²) >= 11 is 12.5. The van der Waals surface area contributed by atoms with Crippen molar-refractivity contribution in [3.05, 3.63) is 33.8 Å². The van der Waals surface area contributed by atoms with Crippen molar-refractivity contribution in [2.24, 2.45) is 11.8 Å². The number of nitrogens with one attached hydrogen (secondary N) is 1. The van der Waals surface area contributed by atoms with Gasteiger partial charge in [-0.2, -0.15) is 0 Å². The molecule has 0 amide bonds. The molecule has 1 aromatic rings. The highest BCUT2D eigenvalue weighted by molar-refractivity contribution is 6.33. The molecule has 1 aromatic carbocycles. The fraction of sp³-hybridized carbons (Fsp3) is 0.600. The van der Waals surface area contributed by atoms with Gasteiger partial charge in [0.1, 0.15) is 0 Å². The van der Waals surface area contributed by atoms with Crippen LogP contribution in [0.4, 0.5) is 0 Å². The van der Waals surface area contributed by atoms with Crippen LogP contribution >= 0.6 is 23.2 Å². The van der Waals surface area contributed by atoms with Gasteiger partial charge < -0.3 is 5.32 Å². The minimum Gasteiger partial charge on any atom is -0.316 e. The molecule has 4 atom stereocenters. The Labute approximate surface area is 125 Å². The molecule has 0 radical (unpaired) electrons. The second-order valence-corrected chi connectivity index (χ2v) is 6.71. The predicted octanol–water partition coefficient (Wildman–Crippen LogP) is 3.59. The Bertz CT molecular complexity index is 477. The van der Waals surface area contributed by atoms with Crippen molar-refractivity contribution >= 4 is 23.2 Å². The first kappa shape index (κ1) is 13.7. The summed E-state index contributed by atoms with van der Waals surface area (Å²) in [7, 11) is 0. The van der Waals surface area contributed by atoms with Gasteiger partial charge in [-0.3, -0.25) is 4.90 Å². The monoisotopic (exact) mass is 298 g/mol. The maximum Gasteiger partial charge on any atom is 0.0454 e. The first-order valence-corrected chi connectivity index (χ1v) is 7.75. The smallest absolute Gasteiger partial charge is 0.0454 e. The summed E-state index contributed by atoms with van der Waals surface area (Å²) in [5, 5.41) is 5.08. The van der Waals surface area contributed by atoms with Crippen LogP contribution in [-0.4, -0.2) is 30.6 Å². The molecule has 4 unspecified atom stereocenters. The highest BCUT2D eigenvalue weighted by Gasteiger charge is 2.43. The standard InChI is InChI=1S/C15H20Cl2N2/c1-9(13-5-12(16)3-4-15(13)17)19-8-11-6-18-7-14(11)10(19)2/h3-5,9-11,14,18H,6-8H2,1-2H3. The van der Waals surface area contributed by atoms with Crippen molar-refractivity contribution in [3.8, 4) is 0 Å². The van der Waals surface area contributed by atoms with Gasteiger partial charge >= 0.3 is 0 Å². The zero-order chi connectivity index (χ0) is 13.6. The normalized spacial score (nSPS) is 32.5. The van der Waals surface area contributed by atoms with Crippen molar-refractivity contribution in [2.75, 3.05) is 19.6 Å². The van der Waals surface area contributed by atoms with Crippen LogP contribution in [0.1, 0.15) is 25.5 Å². The number of nitrogens with zero attached hydrogens (tertiary/aromatic N) is 1. The molecule has 104 valence electrons. The molecule has 2 heterocycles. The Morgan fingerprint density at radius 3 is 2.84 bits per heavy atom. The zero-order valence-corrected chi connectivity index (χ0v) is 12.9. The largest absolute Gasteiger partial charge is 0.316 e. The second kappa shape index (κ2) is 5.25. The fourth-order valence-electron chi connectivity index (χ4n) is 3.73. The number of hydrogen-bond donors (Lipinski definition) is 1. The molecular weight excluding hydrogens is 279 g/mol. The summed E-state index contributed by atoms with van der Waals surface area (Å²) in [5.41, 5.74) is 1.15. The molecule has 2 fully saturated rings. The summed E-state index contributed by atoms with van der Waals surface area (Å²) in [5.74, 6) is 1.57. The molecule has 0 aliphatic carbocycles. The Kier molecular flexibility index (Phi) is 3.78. The topological polar surface area (TPSA) is 15.3 Å². The van der Waals surface area contributed by atoms with Crippen molar-refractivity contribution in [2.45, 2.75) is 25.9 Å². The maximum absolute atomic E-state index is 6.34. The van der Waals surface area contributed by atoms with Gasteiger partial charge in [-0.25, -0.2) is 0 Å². The van der Waals surface area contributed by atoms with Crippen LogP contribution in [0.3, 0.4) is 0 Å². The number of hydrogen-bond acceptors (Lipinski definition) is 2. The van der Waals surface area contributed by atoms with E-state index in [-0.39, 0.29) is 0 Å². The van der Waals surface area contributed by atoms with E-state index in [1.54, 1.807) is 0 Å². The van der Waals surface area contributed by atoms with E-state index in [4.69, 9.17) is 23.2 Å². The predicted molar refractivity (Wildman–Crippen MR) is 80.9 cm³/mol. The molecule has 3 rings (SSSR count). The quantitative estimate of drug-likeness (QED) is 0.897. The van der Waals surface area contributed by atoms with E-state index in [1.165, 1.54) is 0 Å². The van der Waals surface area contributed by atoms with Crippen LogP contribution in [0.2, 0.25) is 10.0 Å². The van der Waals surface area contributed by atoms with Gasteiger partial charge in [0, 0.05) is 28.7 Å². The van der Waals surface area contributed by atoms with Crippen LogP contribution in [-0.2, 0) is 0 Å². The lowest BCUT2D eigenvalue weighted by Crippen LogP contribution is -2.35. The number of likely N-dealkylation sites (tertiary alicyclic amines) is 1. The maximum atomic E-state index is 6.34. The van der Waals surface area contributed by atoms with E-state index < -0.39 is 0 Å². The highest BCUT2D eigenvalue weighted by Crippen LogP contribution is 2.39. The summed E-state index contributed by atoms with van der Waals surface area (Å²) in [6, 6.07) is 6.69. The average Bonchev–Trinajstić information content (AvgIpc) is 2.95. The minimum atomic E-state index is 0.326. The molecule has 0 spiro atoms. The Morgan fingerprint density at radius 1 is 1.32 bits per heavy atom. The highest BCUT2D eigenvalue weighted by atomic mass is 35.5. The third-order valence-corrected chi connectivity index (χ3v) is 5.47. The first-order valence-electron chi connectivity index (χ1n) is 6.99. The van der Waals surface area contributed by atoms with Gasteiger partial charge in [0.2, 0.25) is 0 Å². The molecule has 0 saturated carbocycles. The van der Waals surface area contributed by atoms with Gasteiger partial charge in [-0.1, -0.05) is 23.2 Å². The fourth-order valence-corrected chi connectivity index (χ4v) is 4.18.